The summed E-state index contributed by atoms with van der Waals surface area (Å²) >= 11 is 0. The van der Waals surface area contributed by atoms with Gasteiger partial charge in [-0.05, 0) is 18.9 Å². The Morgan fingerprint density at radius 3 is 2.86 bits per heavy atom. The van der Waals surface area contributed by atoms with E-state index in [4.69, 9.17) is 4.42 Å². The zero-order chi connectivity index (χ0) is 15.4. The maximum atomic E-state index is 12.1. The molecule has 7 heteroatoms. The van der Waals surface area contributed by atoms with Gasteiger partial charge in [0.25, 0.3) is 11.6 Å². The molecule has 7 nitrogen and oxygen atoms in total. The molecule has 1 heterocycles. The highest BCUT2D eigenvalue weighted by molar-refractivity contribution is 5.93. The van der Waals surface area contributed by atoms with Gasteiger partial charge in [0.05, 0.1) is 11.0 Å². The monoisotopic (exact) mass is 289 g/mol. The van der Waals surface area contributed by atoms with E-state index >= 15 is 0 Å². The van der Waals surface area contributed by atoms with Crippen molar-refractivity contribution in [1.29, 1.82) is 0 Å². The highest BCUT2D eigenvalue weighted by Gasteiger charge is 2.19. The van der Waals surface area contributed by atoms with Crippen molar-refractivity contribution in [3.05, 3.63) is 57.8 Å². The number of oxazole rings is 1. The van der Waals surface area contributed by atoms with Crippen LogP contribution in [-0.4, -0.2) is 15.8 Å². The maximum Gasteiger partial charge on any atom is 0.274 e. The van der Waals surface area contributed by atoms with Gasteiger partial charge in [-0.15, -0.1) is 0 Å². The van der Waals surface area contributed by atoms with Crippen LogP contribution in [0, 0.1) is 17.0 Å². The summed E-state index contributed by atoms with van der Waals surface area (Å²) in [6, 6.07) is 5.90. The number of non-ortho nitro benzene ring substituents is 1. The van der Waals surface area contributed by atoms with Crippen LogP contribution in [0.25, 0.3) is 0 Å². The standard InChI is InChI=1S/C14H15N3O4/c1-3-12(10-5-4-6-11(7-10)17(19)20)16-14(18)13-9(2)21-8-15-13/h4-8,12H,3H2,1-2H3,(H,16,18)/t12-/m0/s1. The first-order valence-electron chi connectivity index (χ1n) is 6.48. The van der Waals surface area contributed by atoms with Crippen LogP contribution in [0.5, 0.6) is 0 Å². The van der Waals surface area contributed by atoms with Crippen LogP contribution in [-0.2, 0) is 0 Å². The number of aromatic nitrogens is 1. The van der Waals surface area contributed by atoms with E-state index in [1.165, 1.54) is 18.5 Å². The molecule has 2 rings (SSSR count). The molecule has 0 aliphatic heterocycles. The number of hydrogen-bond donors (Lipinski definition) is 1. The van der Waals surface area contributed by atoms with Crippen LogP contribution < -0.4 is 5.32 Å². The first-order chi connectivity index (χ1) is 10.0. The molecule has 0 fully saturated rings. The number of carbonyl (C=O) groups is 1. The molecule has 0 radical (unpaired) electrons. The van der Waals surface area contributed by atoms with Crippen molar-refractivity contribution >= 4 is 11.6 Å². The number of carbonyl (C=O) groups excluding carboxylic acids is 1. The van der Waals surface area contributed by atoms with E-state index in [-0.39, 0.29) is 23.3 Å². The molecule has 1 aromatic carbocycles. The number of nitrogens with one attached hydrogen (secondary N) is 1. The van der Waals surface area contributed by atoms with Crippen molar-refractivity contribution in [2.24, 2.45) is 0 Å². The van der Waals surface area contributed by atoms with E-state index in [0.717, 1.165) is 0 Å². The fourth-order valence-electron chi connectivity index (χ4n) is 2.03. The summed E-state index contributed by atoms with van der Waals surface area (Å²) < 4.78 is 5.00. The Hall–Kier alpha value is -2.70. The van der Waals surface area contributed by atoms with Gasteiger partial charge in [-0.25, -0.2) is 4.98 Å². The minimum absolute atomic E-state index is 0.00202. The highest BCUT2D eigenvalue weighted by Crippen LogP contribution is 2.22. The van der Waals surface area contributed by atoms with Gasteiger partial charge in [-0.2, -0.15) is 0 Å². The lowest BCUT2D eigenvalue weighted by Gasteiger charge is -2.16. The van der Waals surface area contributed by atoms with Gasteiger partial charge in [0.1, 0.15) is 5.76 Å². The molecule has 0 saturated carbocycles. The predicted molar refractivity (Wildman–Crippen MR) is 74.8 cm³/mol. The van der Waals surface area contributed by atoms with Gasteiger partial charge in [0.2, 0.25) is 0 Å². The van der Waals surface area contributed by atoms with E-state index in [2.05, 4.69) is 10.3 Å². The predicted octanol–water partition coefficient (Wildman–Crippen LogP) is 2.77. The molecule has 0 aliphatic rings. The second kappa shape index (κ2) is 6.17. The Balaban J connectivity index is 2.20. The van der Waals surface area contributed by atoms with E-state index in [0.29, 0.717) is 17.7 Å². The zero-order valence-corrected chi connectivity index (χ0v) is 11.7. The molecule has 0 aliphatic carbocycles. The molecule has 21 heavy (non-hydrogen) atoms. The third kappa shape index (κ3) is 3.25. The van der Waals surface area contributed by atoms with E-state index in [1.807, 2.05) is 6.92 Å². The number of benzene rings is 1. The van der Waals surface area contributed by atoms with Crippen LogP contribution in [0.1, 0.15) is 41.2 Å². The van der Waals surface area contributed by atoms with Crippen LogP contribution in [0.2, 0.25) is 0 Å². The average Bonchev–Trinajstić information content (AvgIpc) is 2.91. The largest absolute Gasteiger partial charge is 0.448 e. The molecule has 0 bridgehead atoms. The van der Waals surface area contributed by atoms with Gasteiger partial charge < -0.3 is 9.73 Å². The molecule has 2 aromatic rings. The summed E-state index contributed by atoms with van der Waals surface area (Å²) in [7, 11) is 0. The van der Waals surface area contributed by atoms with Crippen molar-refractivity contribution in [3.8, 4) is 0 Å². The quantitative estimate of drug-likeness (QED) is 0.674. The fourth-order valence-corrected chi connectivity index (χ4v) is 2.03. The zero-order valence-electron chi connectivity index (χ0n) is 11.7. The number of aryl methyl sites for hydroxylation is 1. The third-order valence-corrected chi connectivity index (χ3v) is 3.16. The first-order valence-corrected chi connectivity index (χ1v) is 6.48. The van der Waals surface area contributed by atoms with Gasteiger partial charge in [0.15, 0.2) is 12.1 Å². The maximum absolute atomic E-state index is 12.1. The lowest BCUT2D eigenvalue weighted by molar-refractivity contribution is -0.384. The minimum Gasteiger partial charge on any atom is -0.448 e. The molecule has 1 atom stereocenters. The van der Waals surface area contributed by atoms with E-state index < -0.39 is 4.92 Å². The summed E-state index contributed by atoms with van der Waals surface area (Å²) in [5, 5.41) is 13.6. The Labute approximate surface area is 121 Å². The molecule has 0 unspecified atom stereocenters. The Morgan fingerprint density at radius 2 is 2.29 bits per heavy atom. The molecule has 110 valence electrons. The number of rotatable bonds is 5. The lowest BCUT2D eigenvalue weighted by atomic mass is 10.0. The van der Waals surface area contributed by atoms with Crippen molar-refractivity contribution in [2.45, 2.75) is 26.3 Å². The summed E-state index contributed by atoms with van der Waals surface area (Å²) in [5.41, 5.74) is 0.901. The molecule has 1 N–H and O–H groups in total. The highest BCUT2D eigenvalue weighted by atomic mass is 16.6. The number of amides is 1. The Bertz CT molecular complexity index is 666. The molecule has 0 saturated heterocycles. The van der Waals surface area contributed by atoms with Crippen LogP contribution in [0.4, 0.5) is 5.69 Å². The number of nitro groups is 1. The fraction of sp³-hybridized carbons (Fsp3) is 0.286. The SMILES string of the molecule is CC[C@H](NC(=O)c1ncoc1C)c1cccc([N+](=O)[O-])c1. The summed E-state index contributed by atoms with van der Waals surface area (Å²) in [5.74, 6) is 0.0704. The molecule has 0 spiro atoms. The molecular formula is C14H15N3O4. The van der Waals surface area contributed by atoms with Gasteiger partial charge in [-0.1, -0.05) is 19.1 Å². The normalized spacial score (nSPS) is 11.9. The summed E-state index contributed by atoms with van der Waals surface area (Å²) in [6.07, 6.45) is 1.81. The second-order valence-electron chi connectivity index (χ2n) is 4.54. The molecule has 1 amide bonds. The van der Waals surface area contributed by atoms with Crippen molar-refractivity contribution in [1.82, 2.24) is 10.3 Å². The van der Waals surface area contributed by atoms with E-state index in [1.54, 1.807) is 19.1 Å². The molecule has 1 aromatic heterocycles. The third-order valence-electron chi connectivity index (χ3n) is 3.16. The second-order valence-corrected chi connectivity index (χ2v) is 4.54. The van der Waals surface area contributed by atoms with E-state index in [9.17, 15) is 14.9 Å². The van der Waals surface area contributed by atoms with Crippen LogP contribution >= 0.6 is 0 Å². The van der Waals surface area contributed by atoms with Crippen LogP contribution in [0.15, 0.2) is 35.1 Å². The Morgan fingerprint density at radius 1 is 1.52 bits per heavy atom. The van der Waals surface area contributed by atoms with Gasteiger partial charge in [0, 0.05) is 12.1 Å². The molecular weight excluding hydrogens is 274 g/mol. The minimum atomic E-state index is -0.459. The van der Waals surface area contributed by atoms with Crippen molar-refractivity contribution in [3.63, 3.8) is 0 Å². The number of nitrogens with zero attached hydrogens (tertiary/aromatic N) is 2. The average molecular weight is 289 g/mol. The Kier molecular flexibility index (Phi) is 4.32. The lowest BCUT2D eigenvalue weighted by Crippen LogP contribution is -2.28. The van der Waals surface area contributed by atoms with Crippen LogP contribution in [0.3, 0.4) is 0 Å². The smallest absolute Gasteiger partial charge is 0.274 e. The topological polar surface area (TPSA) is 98.3 Å². The summed E-state index contributed by atoms with van der Waals surface area (Å²) in [4.78, 5) is 26.3. The van der Waals surface area contributed by atoms with Crippen molar-refractivity contribution in [2.75, 3.05) is 0 Å². The van der Waals surface area contributed by atoms with Gasteiger partial charge >= 0.3 is 0 Å². The van der Waals surface area contributed by atoms with Gasteiger partial charge in [-0.3, -0.25) is 14.9 Å². The summed E-state index contributed by atoms with van der Waals surface area (Å²) in [6.45, 7) is 3.54. The number of hydrogen-bond acceptors (Lipinski definition) is 5. The first kappa shape index (κ1) is 14.7. The van der Waals surface area contributed by atoms with Crippen molar-refractivity contribution < 1.29 is 14.1 Å². The number of nitro benzene ring substituents is 1.